The highest BCUT2D eigenvalue weighted by Crippen LogP contribution is 2.39. The second-order valence-electron chi connectivity index (χ2n) is 8.12. The number of nitrogens with one attached hydrogen (secondary N) is 1. The fourth-order valence-electron chi connectivity index (χ4n) is 4.48. The molecular weight excluding hydrogens is 376 g/mol. The predicted molar refractivity (Wildman–Crippen MR) is 115 cm³/mol. The maximum absolute atomic E-state index is 12.9. The quantitative estimate of drug-likeness (QED) is 0.533. The lowest BCUT2D eigenvalue weighted by atomic mass is 9.89. The Morgan fingerprint density at radius 3 is 2.77 bits per heavy atom. The molecule has 3 aromatic heterocycles. The molecule has 4 aromatic rings. The summed E-state index contributed by atoms with van der Waals surface area (Å²) in [7, 11) is 0. The summed E-state index contributed by atoms with van der Waals surface area (Å²) in [6.07, 6.45) is 5.64. The summed E-state index contributed by atoms with van der Waals surface area (Å²) in [5.74, 6) is 0.454. The van der Waals surface area contributed by atoms with Gasteiger partial charge in [-0.15, -0.1) is 0 Å². The summed E-state index contributed by atoms with van der Waals surface area (Å²) in [6.45, 7) is 5.33. The molecule has 152 valence electrons. The van der Waals surface area contributed by atoms with Crippen molar-refractivity contribution in [2.45, 2.75) is 32.6 Å². The number of pyridine rings is 1. The van der Waals surface area contributed by atoms with Crippen molar-refractivity contribution in [2.75, 3.05) is 13.1 Å². The Morgan fingerprint density at radius 1 is 1.17 bits per heavy atom. The summed E-state index contributed by atoms with van der Waals surface area (Å²) in [6, 6.07) is 12.3. The number of aromatic nitrogens is 3. The lowest BCUT2D eigenvalue weighted by Gasteiger charge is -2.32. The third-order valence-electron chi connectivity index (χ3n) is 5.91. The van der Waals surface area contributed by atoms with E-state index >= 15 is 0 Å². The molecule has 1 aromatic carbocycles. The van der Waals surface area contributed by atoms with E-state index in [0.717, 1.165) is 36.2 Å². The van der Waals surface area contributed by atoms with Crippen LogP contribution in [0.2, 0.25) is 0 Å². The van der Waals surface area contributed by atoms with Crippen LogP contribution in [0.25, 0.3) is 22.0 Å². The predicted octanol–water partition coefficient (Wildman–Crippen LogP) is 4.85. The fourth-order valence-corrected chi connectivity index (χ4v) is 4.48. The SMILES string of the molecule is Cc1ccc2[nH]c([C@H]3CCCN(C(=O)c4cc(C)no4)C3)c(-c3ccncc3)c2c1. The zero-order chi connectivity index (χ0) is 20.7. The minimum atomic E-state index is -0.0854. The monoisotopic (exact) mass is 400 g/mol. The van der Waals surface area contributed by atoms with Crippen LogP contribution in [0.15, 0.2) is 53.3 Å². The molecule has 0 bridgehead atoms. The van der Waals surface area contributed by atoms with Gasteiger partial charge in [0, 0.05) is 59.6 Å². The maximum atomic E-state index is 12.9. The smallest absolute Gasteiger partial charge is 0.292 e. The molecule has 0 aliphatic carbocycles. The Hall–Kier alpha value is -3.41. The number of fused-ring (bicyclic) bond motifs is 1. The van der Waals surface area contributed by atoms with Gasteiger partial charge in [0.15, 0.2) is 0 Å². The van der Waals surface area contributed by atoms with Gasteiger partial charge in [-0.05, 0) is 56.5 Å². The molecule has 1 amide bonds. The van der Waals surface area contributed by atoms with E-state index in [1.54, 1.807) is 6.07 Å². The molecule has 6 heteroatoms. The van der Waals surface area contributed by atoms with Gasteiger partial charge in [-0.25, -0.2) is 0 Å². The Labute approximate surface area is 174 Å². The number of benzene rings is 1. The van der Waals surface area contributed by atoms with E-state index < -0.39 is 0 Å². The van der Waals surface area contributed by atoms with Gasteiger partial charge in [0.2, 0.25) is 5.76 Å². The highest BCUT2D eigenvalue weighted by Gasteiger charge is 2.30. The van der Waals surface area contributed by atoms with E-state index in [-0.39, 0.29) is 11.8 Å². The van der Waals surface area contributed by atoms with Crippen LogP contribution >= 0.6 is 0 Å². The summed E-state index contributed by atoms with van der Waals surface area (Å²) in [5, 5.41) is 5.08. The molecule has 0 spiro atoms. The van der Waals surface area contributed by atoms with Crippen molar-refractivity contribution in [3.8, 4) is 11.1 Å². The van der Waals surface area contributed by atoms with Crippen molar-refractivity contribution in [1.29, 1.82) is 0 Å². The third-order valence-corrected chi connectivity index (χ3v) is 5.91. The lowest BCUT2D eigenvalue weighted by Crippen LogP contribution is -2.39. The minimum absolute atomic E-state index is 0.0854. The Morgan fingerprint density at radius 2 is 2.00 bits per heavy atom. The number of nitrogens with zero attached hydrogens (tertiary/aromatic N) is 3. The van der Waals surface area contributed by atoms with E-state index in [0.29, 0.717) is 12.3 Å². The Balaban J connectivity index is 1.55. The molecule has 5 rings (SSSR count). The van der Waals surface area contributed by atoms with E-state index in [9.17, 15) is 4.79 Å². The molecule has 1 aliphatic rings. The number of carbonyl (C=O) groups excluding carboxylic acids is 1. The van der Waals surface area contributed by atoms with Crippen LogP contribution in [0.1, 0.15) is 46.3 Å². The van der Waals surface area contributed by atoms with Gasteiger partial charge in [0.1, 0.15) is 0 Å². The topological polar surface area (TPSA) is 75.0 Å². The normalized spacial score (nSPS) is 16.9. The van der Waals surface area contributed by atoms with E-state index in [2.05, 4.69) is 52.4 Å². The molecule has 1 saturated heterocycles. The first-order valence-corrected chi connectivity index (χ1v) is 10.4. The molecule has 0 saturated carbocycles. The van der Waals surface area contributed by atoms with Gasteiger partial charge in [-0.1, -0.05) is 16.8 Å². The third kappa shape index (κ3) is 3.28. The number of H-pyrrole nitrogens is 1. The molecule has 4 heterocycles. The van der Waals surface area contributed by atoms with Crippen LogP contribution < -0.4 is 0 Å². The van der Waals surface area contributed by atoms with Crippen molar-refractivity contribution in [3.05, 3.63) is 71.5 Å². The highest BCUT2D eigenvalue weighted by atomic mass is 16.5. The van der Waals surface area contributed by atoms with Gasteiger partial charge in [-0.3, -0.25) is 9.78 Å². The number of hydrogen-bond acceptors (Lipinski definition) is 4. The van der Waals surface area contributed by atoms with Gasteiger partial charge < -0.3 is 14.4 Å². The molecular formula is C24H24N4O2. The molecule has 30 heavy (non-hydrogen) atoms. The largest absolute Gasteiger partial charge is 0.358 e. The van der Waals surface area contributed by atoms with Gasteiger partial charge in [-0.2, -0.15) is 0 Å². The number of aryl methyl sites for hydroxylation is 2. The van der Waals surface area contributed by atoms with Crippen LogP contribution in [0.5, 0.6) is 0 Å². The van der Waals surface area contributed by atoms with Crippen molar-refractivity contribution in [3.63, 3.8) is 0 Å². The number of hydrogen-bond donors (Lipinski definition) is 1. The van der Waals surface area contributed by atoms with Crippen LogP contribution in [-0.4, -0.2) is 39.0 Å². The maximum Gasteiger partial charge on any atom is 0.292 e. The number of rotatable bonds is 3. The number of piperidine rings is 1. The number of carbonyl (C=O) groups is 1. The molecule has 0 radical (unpaired) electrons. The zero-order valence-electron chi connectivity index (χ0n) is 17.2. The lowest BCUT2D eigenvalue weighted by molar-refractivity contribution is 0.0664. The van der Waals surface area contributed by atoms with Crippen LogP contribution in [0.4, 0.5) is 0 Å². The molecule has 1 aliphatic heterocycles. The van der Waals surface area contributed by atoms with E-state index in [1.165, 1.54) is 22.2 Å². The van der Waals surface area contributed by atoms with Crippen molar-refractivity contribution >= 4 is 16.8 Å². The second kappa shape index (κ2) is 7.44. The number of amides is 1. The van der Waals surface area contributed by atoms with Crippen LogP contribution in [0, 0.1) is 13.8 Å². The summed E-state index contributed by atoms with van der Waals surface area (Å²) in [5.41, 5.74) is 6.62. The van der Waals surface area contributed by atoms with Gasteiger partial charge in [0.25, 0.3) is 5.91 Å². The second-order valence-corrected chi connectivity index (χ2v) is 8.12. The van der Waals surface area contributed by atoms with Crippen LogP contribution in [0.3, 0.4) is 0 Å². The first kappa shape index (κ1) is 18.6. The molecule has 1 atom stereocenters. The summed E-state index contributed by atoms with van der Waals surface area (Å²) < 4.78 is 5.22. The van der Waals surface area contributed by atoms with Crippen LogP contribution in [-0.2, 0) is 0 Å². The zero-order valence-corrected chi connectivity index (χ0v) is 17.2. The Kier molecular flexibility index (Phi) is 4.62. The van der Waals surface area contributed by atoms with Gasteiger partial charge >= 0.3 is 0 Å². The Bertz CT molecular complexity index is 1210. The van der Waals surface area contributed by atoms with E-state index in [1.807, 2.05) is 24.2 Å². The fraction of sp³-hybridized carbons (Fsp3) is 0.292. The van der Waals surface area contributed by atoms with E-state index in [4.69, 9.17) is 4.52 Å². The average molecular weight is 400 g/mol. The molecule has 6 nitrogen and oxygen atoms in total. The standard InChI is InChI=1S/C24H24N4O2/c1-15-5-6-20-19(12-15)22(17-7-9-25-10-8-17)23(26-20)18-4-3-11-28(14-18)24(29)21-13-16(2)27-30-21/h5-10,12-13,18,26H,3-4,11,14H2,1-2H3/t18-/m0/s1. The van der Waals surface area contributed by atoms with Gasteiger partial charge in [0.05, 0.1) is 5.69 Å². The molecule has 1 fully saturated rings. The minimum Gasteiger partial charge on any atom is -0.358 e. The van der Waals surface area contributed by atoms with Crippen molar-refractivity contribution < 1.29 is 9.32 Å². The first-order chi connectivity index (χ1) is 14.6. The summed E-state index contributed by atoms with van der Waals surface area (Å²) in [4.78, 5) is 22.7. The highest BCUT2D eigenvalue weighted by molar-refractivity contribution is 5.98. The summed E-state index contributed by atoms with van der Waals surface area (Å²) >= 11 is 0. The number of aromatic amines is 1. The molecule has 1 N–H and O–H groups in total. The first-order valence-electron chi connectivity index (χ1n) is 10.4. The van der Waals surface area contributed by atoms with Crippen molar-refractivity contribution in [2.24, 2.45) is 0 Å². The number of likely N-dealkylation sites (tertiary alicyclic amines) is 1. The van der Waals surface area contributed by atoms with Crippen molar-refractivity contribution in [1.82, 2.24) is 20.0 Å². The average Bonchev–Trinajstić information content (AvgIpc) is 3.37. The molecule has 0 unspecified atom stereocenters.